The van der Waals surface area contributed by atoms with E-state index in [1.165, 1.54) is 9.80 Å². The van der Waals surface area contributed by atoms with E-state index in [0.717, 1.165) is 24.3 Å². The van der Waals surface area contributed by atoms with Gasteiger partial charge in [-0.15, -0.1) is 0 Å². The summed E-state index contributed by atoms with van der Waals surface area (Å²) < 4.78 is 37.7. The summed E-state index contributed by atoms with van der Waals surface area (Å²) in [5, 5.41) is 2.38. The molecule has 1 aliphatic heterocycles. The number of nitrogens with zero attached hydrogens (tertiary/aromatic N) is 2. The highest BCUT2D eigenvalue weighted by molar-refractivity contribution is 5.94. The molecule has 0 bridgehead atoms. The molecule has 3 amide bonds. The number of alkyl halides is 3. The van der Waals surface area contributed by atoms with Crippen molar-refractivity contribution in [3.63, 3.8) is 0 Å². The van der Waals surface area contributed by atoms with E-state index in [1.807, 2.05) is 0 Å². The summed E-state index contributed by atoms with van der Waals surface area (Å²) in [6.45, 7) is 0.714. The number of hydrogen-bond donors (Lipinski definition) is 2. The van der Waals surface area contributed by atoms with Crippen LogP contribution in [0.25, 0.3) is 0 Å². The van der Waals surface area contributed by atoms with Gasteiger partial charge in [-0.05, 0) is 24.3 Å². The Hall–Kier alpha value is -2.62. The zero-order valence-corrected chi connectivity index (χ0v) is 13.9. The lowest BCUT2D eigenvalue weighted by Crippen LogP contribution is -2.52. The van der Waals surface area contributed by atoms with Gasteiger partial charge in [-0.3, -0.25) is 14.4 Å². The second-order valence-electron chi connectivity index (χ2n) is 5.73. The molecule has 0 spiro atoms. The number of nitrogens with one attached hydrogen (secondary N) is 1. The minimum Gasteiger partial charge on any atom is -0.346 e. The van der Waals surface area contributed by atoms with E-state index in [4.69, 9.17) is 5.73 Å². The Morgan fingerprint density at radius 3 is 2.04 bits per heavy atom. The van der Waals surface area contributed by atoms with Gasteiger partial charge < -0.3 is 20.9 Å². The fourth-order valence-corrected chi connectivity index (χ4v) is 2.50. The second-order valence-corrected chi connectivity index (χ2v) is 5.73. The summed E-state index contributed by atoms with van der Waals surface area (Å²) in [6.07, 6.45) is -4.45. The van der Waals surface area contributed by atoms with Gasteiger partial charge in [0.2, 0.25) is 11.8 Å². The number of amides is 3. The van der Waals surface area contributed by atoms with Gasteiger partial charge in [-0.2, -0.15) is 13.2 Å². The Bertz CT molecular complexity index is 668. The van der Waals surface area contributed by atoms with Crippen molar-refractivity contribution in [3.8, 4) is 0 Å². The number of hydrogen-bond acceptors (Lipinski definition) is 4. The van der Waals surface area contributed by atoms with E-state index < -0.39 is 17.6 Å². The van der Waals surface area contributed by atoms with Crippen LogP contribution >= 0.6 is 0 Å². The van der Waals surface area contributed by atoms with Gasteiger partial charge in [-0.25, -0.2) is 0 Å². The molecule has 0 aromatic heterocycles. The monoisotopic (exact) mass is 372 g/mol. The molecule has 0 saturated carbocycles. The molecule has 0 aliphatic carbocycles. The molecule has 0 atom stereocenters. The molecule has 3 N–H and O–H groups in total. The van der Waals surface area contributed by atoms with Gasteiger partial charge in [0.25, 0.3) is 5.91 Å². The SMILES string of the molecule is NCC(=O)NCC(=O)N1CCN(C(=O)c2ccc(C(F)(F)F)cc2)CC1. The maximum absolute atomic E-state index is 12.6. The van der Waals surface area contributed by atoms with Crippen molar-refractivity contribution in [2.24, 2.45) is 5.73 Å². The van der Waals surface area contributed by atoms with Gasteiger partial charge in [0.1, 0.15) is 0 Å². The average Bonchev–Trinajstić information content (AvgIpc) is 2.64. The third-order valence-corrected chi connectivity index (χ3v) is 4.00. The van der Waals surface area contributed by atoms with Crippen LogP contribution in [-0.2, 0) is 15.8 Å². The number of rotatable bonds is 4. The largest absolute Gasteiger partial charge is 0.416 e. The van der Waals surface area contributed by atoms with Crippen LogP contribution in [-0.4, -0.2) is 66.8 Å². The van der Waals surface area contributed by atoms with Gasteiger partial charge in [0.05, 0.1) is 18.7 Å². The first-order chi connectivity index (χ1) is 12.2. The highest BCUT2D eigenvalue weighted by Crippen LogP contribution is 2.29. The van der Waals surface area contributed by atoms with Gasteiger partial charge in [-0.1, -0.05) is 0 Å². The van der Waals surface area contributed by atoms with Crippen molar-refractivity contribution < 1.29 is 27.6 Å². The Morgan fingerprint density at radius 2 is 1.54 bits per heavy atom. The first-order valence-electron chi connectivity index (χ1n) is 7.93. The van der Waals surface area contributed by atoms with Crippen LogP contribution in [0.15, 0.2) is 24.3 Å². The standard InChI is InChI=1S/C16H19F3N4O3/c17-16(18,19)12-3-1-11(2-4-12)15(26)23-7-5-22(6-8-23)14(25)10-21-13(24)9-20/h1-4H,5-10,20H2,(H,21,24). The molecule has 10 heteroatoms. The Balaban J connectivity index is 1.88. The fourth-order valence-electron chi connectivity index (χ4n) is 2.50. The highest BCUT2D eigenvalue weighted by Gasteiger charge is 2.31. The fraction of sp³-hybridized carbons (Fsp3) is 0.438. The van der Waals surface area contributed by atoms with Gasteiger partial charge in [0.15, 0.2) is 0 Å². The highest BCUT2D eigenvalue weighted by atomic mass is 19.4. The van der Waals surface area contributed by atoms with Crippen molar-refractivity contribution in [1.82, 2.24) is 15.1 Å². The van der Waals surface area contributed by atoms with Crippen LogP contribution in [0.1, 0.15) is 15.9 Å². The number of carbonyl (C=O) groups is 3. The van der Waals surface area contributed by atoms with E-state index in [-0.39, 0.29) is 56.6 Å². The van der Waals surface area contributed by atoms with E-state index in [2.05, 4.69) is 5.32 Å². The molecule has 1 saturated heterocycles. The van der Waals surface area contributed by atoms with Crippen LogP contribution in [0.2, 0.25) is 0 Å². The Labute approximate surface area is 147 Å². The summed E-state index contributed by atoms with van der Waals surface area (Å²) in [6, 6.07) is 4.02. The van der Waals surface area contributed by atoms with Crippen molar-refractivity contribution in [1.29, 1.82) is 0 Å². The number of halogens is 3. The quantitative estimate of drug-likeness (QED) is 0.782. The van der Waals surface area contributed by atoms with Crippen LogP contribution in [0.4, 0.5) is 13.2 Å². The molecule has 1 aromatic rings. The molecule has 0 unspecified atom stereocenters. The molecule has 142 valence electrons. The first kappa shape index (κ1) is 19.7. The molecular formula is C16H19F3N4O3. The van der Waals surface area contributed by atoms with E-state index >= 15 is 0 Å². The number of benzene rings is 1. The first-order valence-corrected chi connectivity index (χ1v) is 7.93. The van der Waals surface area contributed by atoms with Crippen molar-refractivity contribution in [2.45, 2.75) is 6.18 Å². The molecule has 2 rings (SSSR count). The van der Waals surface area contributed by atoms with E-state index in [0.29, 0.717) is 0 Å². The van der Waals surface area contributed by atoms with Crippen molar-refractivity contribution in [3.05, 3.63) is 35.4 Å². The van der Waals surface area contributed by atoms with Crippen LogP contribution in [0.3, 0.4) is 0 Å². The second kappa shape index (κ2) is 8.17. The van der Waals surface area contributed by atoms with Crippen molar-refractivity contribution >= 4 is 17.7 Å². The Kier molecular flexibility index (Phi) is 6.19. The lowest BCUT2D eigenvalue weighted by atomic mass is 10.1. The van der Waals surface area contributed by atoms with Gasteiger partial charge >= 0.3 is 6.18 Å². The molecule has 1 fully saturated rings. The molecule has 7 nitrogen and oxygen atoms in total. The summed E-state index contributed by atoms with van der Waals surface area (Å²) in [5.74, 6) is -1.11. The maximum Gasteiger partial charge on any atom is 0.416 e. The van der Waals surface area contributed by atoms with Crippen molar-refractivity contribution in [2.75, 3.05) is 39.3 Å². The molecular weight excluding hydrogens is 353 g/mol. The lowest BCUT2D eigenvalue weighted by molar-refractivity contribution is -0.137. The maximum atomic E-state index is 12.6. The van der Waals surface area contributed by atoms with Crippen LogP contribution in [0, 0.1) is 0 Å². The lowest BCUT2D eigenvalue weighted by Gasteiger charge is -2.35. The summed E-state index contributed by atoms with van der Waals surface area (Å²) in [7, 11) is 0. The van der Waals surface area contributed by atoms with Gasteiger partial charge in [0, 0.05) is 31.7 Å². The molecule has 26 heavy (non-hydrogen) atoms. The zero-order valence-electron chi connectivity index (χ0n) is 13.9. The molecule has 1 heterocycles. The summed E-state index contributed by atoms with van der Waals surface area (Å²) >= 11 is 0. The average molecular weight is 372 g/mol. The third-order valence-electron chi connectivity index (χ3n) is 4.00. The van der Waals surface area contributed by atoms with Crippen LogP contribution < -0.4 is 11.1 Å². The minimum absolute atomic E-state index is 0.160. The molecule has 1 aromatic carbocycles. The number of nitrogens with two attached hydrogens (primary N) is 1. The molecule has 0 radical (unpaired) electrons. The number of carbonyl (C=O) groups excluding carboxylic acids is 3. The van der Waals surface area contributed by atoms with E-state index in [1.54, 1.807) is 0 Å². The predicted molar refractivity (Wildman–Crippen MR) is 86.0 cm³/mol. The predicted octanol–water partition coefficient (Wildman–Crippen LogP) is 0.0647. The topological polar surface area (TPSA) is 95.7 Å². The minimum atomic E-state index is -4.45. The van der Waals surface area contributed by atoms with E-state index in [9.17, 15) is 27.6 Å². The number of piperazine rings is 1. The molecule has 1 aliphatic rings. The normalized spacial score (nSPS) is 14.9. The summed E-state index contributed by atoms with van der Waals surface area (Å²) in [4.78, 5) is 38.4. The Morgan fingerprint density at radius 1 is 1.00 bits per heavy atom. The third kappa shape index (κ3) is 4.94. The smallest absolute Gasteiger partial charge is 0.346 e. The van der Waals surface area contributed by atoms with Crippen LogP contribution in [0.5, 0.6) is 0 Å². The summed E-state index contributed by atoms with van der Waals surface area (Å²) in [5.41, 5.74) is 4.48. The zero-order chi connectivity index (χ0) is 19.3.